The van der Waals surface area contributed by atoms with Gasteiger partial charge in [-0.1, -0.05) is 41.9 Å². The van der Waals surface area contributed by atoms with Crippen molar-refractivity contribution in [1.29, 1.82) is 0 Å². The van der Waals surface area contributed by atoms with E-state index in [1.54, 1.807) is 6.07 Å². The smallest absolute Gasteiger partial charge is 0.276 e. The van der Waals surface area contributed by atoms with Gasteiger partial charge < -0.3 is 9.42 Å². The molecule has 4 rings (SSSR count). The molecule has 1 aromatic carbocycles. The molecule has 1 saturated carbocycles. The van der Waals surface area contributed by atoms with Gasteiger partial charge in [0, 0.05) is 43.9 Å². The van der Waals surface area contributed by atoms with E-state index in [1.807, 2.05) is 35.2 Å². The molecule has 5 heteroatoms. The predicted octanol–water partition coefficient (Wildman–Crippen LogP) is 3.04. The molecular weight excluding hydrogens is 302 g/mol. The van der Waals surface area contributed by atoms with Crippen LogP contribution in [0, 0.1) is 0 Å². The molecule has 2 aliphatic rings. The number of benzene rings is 1. The Morgan fingerprint density at radius 1 is 1.04 bits per heavy atom. The second kappa shape index (κ2) is 6.77. The minimum Gasteiger partial charge on any atom is -0.355 e. The summed E-state index contributed by atoms with van der Waals surface area (Å²) in [7, 11) is 0. The lowest BCUT2D eigenvalue weighted by molar-refractivity contribution is 0.0739. The van der Waals surface area contributed by atoms with E-state index < -0.39 is 0 Å². The van der Waals surface area contributed by atoms with Crippen molar-refractivity contribution in [2.75, 3.05) is 26.2 Å². The molecule has 1 aliphatic heterocycles. The van der Waals surface area contributed by atoms with Gasteiger partial charge >= 0.3 is 0 Å². The molecule has 1 aliphatic carbocycles. The zero-order valence-electron chi connectivity index (χ0n) is 13.9. The summed E-state index contributed by atoms with van der Waals surface area (Å²) in [4.78, 5) is 17.2. The Morgan fingerprint density at radius 2 is 1.88 bits per heavy atom. The largest absolute Gasteiger partial charge is 0.355 e. The van der Waals surface area contributed by atoms with Crippen LogP contribution in [0.15, 0.2) is 40.9 Å². The molecule has 5 nitrogen and oxygen atoms in total. The zero-order valence-corrected chi connectivity index (χ0v) is 13.9. The highest BCUT2D eigenvalue weighted by atomic mass is 16.5. The maximum atomic E-state index is 12.7. The summed E-state index contributed by atoms with van der Waals surface area (Å²) in [6, 6.07) is 12.3. The fraction of sp³-hybridized carbons (Fsp3) is 0.474. The number of aromatic nitrogens is 1. The van der Waals surface area contributed by atoms with E-state index in [0.717, 1.165) is 44.2 Å². The first-order valence-electron chi connectivity index (χ1n) is 8.87. The Bertz CT molecular complexity index is 694. The van der Waals surface area contributed by atoms with Crippen molar-refractivity contribution in [3.05, 3.63) is 42.1 Å². The number of nitrogens with zero attached hydrogens (tertiary/aromatic N) is 3. The average Bonchev–Trinajstić information content (AvgIpc) is 2.94. The normalized spacial score (nSPS) is 19.8. The van der Waals surface area contributed by atoms with E-state index in [2.05, 4.69) is 10.1 Å². The molecule has 2 fully saturated rings. The van der Waals surface area contributed by atoms with Gasteiger partial charge in [-0.2, -0.15) is 0 Å². The Morgan fingerprint density at radius 3 is 2.62 bits per heavy atom. The fourth-order valence-electron chi connectivity index (χ4n) is 3.53. The molecule has 0 atom stereocenters. The van der Waals surface area contributed by atoms with Gasteiger partial charge in [0.15, 0.2) is 11.5 Å². The van der Waals surface area contributed by atoms with Crippen molar-refractivity contribution >= 4 is 5.91 Å². The van der Waals surface area contributed by atoms with Gasteiger partial charge in [-0.3, -0.25) is 9.69 Å². The molecule has 0 radical (unpaired) electrons. The third kappa shape index (κ3) is 3.08. The molecule has 0 N–H and O–H groups in total. The maximum absolute atomic E-state index is 12.7. The van der Waals surface area contributed by atoms with Crippen LogP contribution in [0.1, 0.15) is 36.2 Å². The molecule has 126 valence electrons. The molecule has 2 heterocycles. The summed E-state index contributed by atoms with van der Waals surface area (Å²) >= 11 is 0. The number of hydrogen-bond donors (Lipinski definition) is 0. The third-order valence-electron chi connectivity index (χ3n) is 5.20. The van der Waals surface area contributed by atoms with Crippen molar-refractivity contribution in [3.8, 4) is 11.3 Å². The fourth-order valence-corrected chi connectivity index (χ4v) is 3.53. The first kappa shape index (κ1) is 15.4. The Kier molecular flexibility index (Phi) is 4.34. The van der Waals surface area contributed by atoms with E-state index in [0.29, 0.717) is 11.5 Å². The Hall–Kier alpha value is -2.14. The van der Waals surface area contributed by atoms with Crippen LogP contribution in [0.2, 0.25) is 0 Å². The second-order valence-corrected chi connectivity index (χ2v) is 6.71. The van der Waals surface area contributed by atoms with Gasteiger partial charge in [0.1, 0.15) is 0 Å². The number of carbonyl (C=O) groups is 1. The SMILES string of the molecule is O=C(c1cc(-c2ccccc2)on1)N1CCCN(C2CCC2)CC1. The number of hydrogen-bond acceptors (Lipinski definition) is 4. The number of rotatable bonds is 3. The zero-order chi connectivity index (χ0) is 16.4. The highest BCUT2D eigenvalue weighted by Gasteiger charge is 2.28. The topological polar surface area (TPSA) is 49.6 Å². The molecule has 0 bridgehead atoms. The Balaban J connectivity index is 1.43. The molecule has 1 aromatic heterocycles. The molecule has 1 saturated heterocycles. The van der Waals surface area contributed by atoms with Gasteiger partial charge in [-0.15, -0.1) is 0 Å². The van der Waals surface area contributed by atoms with Crippen LogP contribution in [0.4, 0.5) is 0 Å². The number of amides is 1. The molecular formula is C19H23N3O2. The Labute approximate surface area is 142 Å². The van der Waals surface area contributed by atoms with Crippen LogP contribution in [-0.4, -0.2) is 53.1 Å². The molecule has 2 aromatic rings. The lowest BCUT2D eigenvalue weighted by Gasteiger charge is -2.36. The van der Waals surface area contributed by atoms with Gasteiger partial charge in [0.05, 0.1) is 0 Å². The monoisotopic (exact) mass is 325 g/mol. The average molecular weight is 325 g/mol. The first-order chi connectivity index (χ1) is 11.8. The lowest BCUT2D eigenvalue weighted by Crippen LogP contribution is -2.42. The summed E-state index contributed by atoms with van der Waals surface area (Å²) in [5, 5.41) is 4.00. The van der Waals surface area contributed by atoms with Gasteiger partial charge in [0.25, 0.3) is 5.91 Å². The third-order valence-corrected chi connectivity index (χ3v) is 5.20. The van der Waals surface area contributed by atoms with E-state index in [9.17, 15) is 4.79 Å². The van der Waals surface area contributed by atoms with Crippen LogP contribution in [-0.2, 0) is 0 Å². The quantitative estimate of drug-likeness (QED) is 0.870. The van der Waals surface area contributed by atoms with Crippen molar-refractivity contribution in [3.63, 3.8) is 0 Å². The summed E-state index contributed by atoms with van der Waals surface area (Å²) in [6.07, 6.45) is 5.02. The maximum Gasteiger partial charge on any atom is 0.276 e. The van der Waals surface area contributed by atoms with Gasteiger partial charge in [0.2, 0.25) is 0 Å². The minimum absolute atomic E-state index is 0.0172. The van der Waals surface area contributed by atoms with Crippen molar-refractivity contribution in [2.24, 2.45) is 0 Å². The molecule has 24 heavy (non-hydrogen) atoms. The van der Waals surface area contributed by atoms with Crippen LogP contribution < -0.4 is 0 Å². The van der Waals surface area contributed by atoms with Crippen LogP contribution in [0.3, 0.4) is 0 Å². The van der Waals surface area contributed by atoms with Gasteiger partial charge in [-0.05, 0) is 19.3 Å². The van der Waals surface area contributed by atoms with E-state index in [1.165, 1.54) is 19.3 Å². The standard InChI is InChI=1S/C19H23N3O2/c23-19(17-14-18(24-20-17)15-6-2-1-3-7-15)22-11-5-10-21(12-13-22)16-8-4-9-16/h1-3,6-7,14,16H,4-5,8-13H2. The summed E-state index contributed by atoms with van der Waals surface area (Å²) < 4.78 is 5.37. The number of carbonyl (C=O) groups excluding carboxylic acids is 1. The van der Waals surface area contributed by atoms with Crippen LogP contribution in [0.25, 0.3) is 11.3 Å². The minimum atomic E-state index is -0.0172. The highest BCUT2D eigenvalue weighted by molar-refractivity contribution is 5.93. The van der Waals surface area contributed by atoms with E-state index in [4.69, 9.17) is 4.52 Å². The van der Waals surface area contributed by atoms with E-state index in [-0.39, 0.29) is 5.91 Å². The van der Waals surface area contributed by atoms with Crippen molar-refractivity contribution in [1.82, 2.24) is 15.0 Å². The lowest BCUT2D eigenvalue weighted by atomic mass is 9.91. The molecule has 0 unspecified atom stereocenters. The predicted molar refractivity (Wildman–Crippen MR) is 91.7 cm³/mol. The summed E-state index contributed by atoms with van der Waals surface area (Å²) in [5.41, 5.74) is 1.35. The first-order valence-corrected chi connectivity index (χ1v) is 8.87. The summed E-state index contributed by atoms with van der Waals surface area (Å²) in [6.45, 7) is 3.65. The van der Waals surface area contributed by atoms with Crippen LogP contribution >= 0.6 is 0 Å². The van der Waals surface area contributed by atoms with Crippen molar-refractivity contribution < 1.29 is 9.32 Å². The van der Waals surface area contributed by atoms with Crippen molar-refractivity contribution in [2.45, 2.75) is 31.7 Å². The molecule has 1 amide bonds. The molecule has 0 spiro atoms. The second-order valence-electron chi connectivity index (χ2n) is 6.71. The van der Waals surface area contributed by atoms with Crippen LogP contribution in [0.5, 0.6) is 0 Å². The summed E-state index contributed by atoms with van der Waals surface area (Å²) in [5.74, 6) is 0.626. The van der Waals surface area contributed by atoms with Gasteiger partial charge in [-0.25, -0.2) is 0 Å². The van der Waals surface area contributed by atoms with E-state index >= 15 is 0 Å². The highest BCUT2D eigenvalue weighted by Crippen LogP contribution is 2.26.